The fourth-order valence-corrected chi connectivity index (χ4v) is 2.89. The molecule has 1 aliphatic carbocycles. The minimum Gasteiger partial charge on any atom is -0.300 e. The van der Waals surface area contributed by atoms with Crippen molar-refractivity contribution in [2.45, 2.75) is 58.4 Å². The van der Waals surface area contributed by atoms with E-state index in [-0.39, 0.29) is 0 Å². The van der Waals surface area contributed by atoms with Gasteiger partial charge < -0.3 is 0 Å². The van der Waals surface area contributed by atoms with Crippen LogP contribution in [0.4, 0.5) is 0 Å². The lowest BCUT2D eigenvalue weighted by Crippen LogP contribution is -2.43. The van der Waals surface area contributed by atoms with Crippen molar-refractivity contribution < 1.29 is 4.79 Å². The van der Waals surface area contributed by atoms with Crippen LogP contribution in [0, 0.1) is 5.41 Å². The number of carbonyl (C=O) groups excluding carboxylic acids is 1. The van der Waals surface area contributed by atoms with E-state index < -0.39 is 0 Å². The molecule has 2 fully saturated rings. The molecule has 1 heterocycles. The van der Waals surface area contributed by atoms with E-state index in [1.54, 1.807) is 0 Å². The van der Waals surface area contributed by atoms with Crippen LogP contribution in [0.1, 0.15) is 52.4 Å². The fourth-order valence-electron chi connectivity index (χ4n) is 2.89. The summed E-state index contributed by atoms with van der Waals surface area (Å²) in [5.41, 5.74) is 0.569. The number of nitrogens with zero attached hydrogens (tertiary/aromatic N) is 1. The maximum atomic E-state index is 11.3. The van der Waals surface area contributed by atoms with E-state index in [0.29, 0.717) is 17.2 Å². The normalized spacial score (nSPS) is 32.1. The van der Waals surface area contributed by atoms with E-state index in [1.165, 1.54) is 32.4 Å². The van der Waals surface area contributed by atoms with Crippen molar-refractivity contribution in [3.8, 4) is 0 Å². The third-order valence-corrected chi connectivity index (χ3v) is 4.59. The van der Waals surface area contributed by atoms with Crippen LogP contribution in [-0.4, -0.2) is 29.8 Å². The topological polar surface area (TPSA) is 20.3 Å². The molecule has 1 saturated carbocycles. The molecule has 0 aromatic heterocycles. The lowest BCUT2D eigenvalue weighted by atomic mass is 9.78. The minimum absolute atomic E-state index is 0.476. The molecule has 0 spiro atoms. The second-order valence-corrected chi connectivity index (χ2v) is 5.64. The number of rotatable bonds is 2. The minimum atomic E-state index is 0.476. The second kappa shape index (κ2) is 4.25. The Bertz CT molecular complexity index is 241. The molecule has 1 aliphatic heterocycles. The van der Waals surface area contributed by atoms with Crippen molar-refractivity contribution in [3.63, 3.8) is 0 Å². The quantitative estimate of drug-likeness (QED) is 0.697. The molecule has 2 rings (SSSR count). The Labute approximate surface area is 93.0 Å². The van der Waals surface area contributed by atoms with Gasteiger partial charge in [0.2, 0.25) is 0 Å². The molecule has 1 atom stereocenters. The zero-order valence-corrected chi connectivity index (χ0v) is 10.1. The fraction of sp³-hybridized carbons (Fsp3) is 0.923. The molecule has 1 unspecified atom stereocenters. The number of hydrogen-bond acceptors (Lipinski definition) is 2. The molecule has 2 heteroatoms. The average molecular weight is 209 g/mol. The number of piperidine rings is 1. The number of likely N-dealkylation sites (tertiary alicyclic amines) is 1. The molecular weight excluding hydrogens is 186 g/mol. The van der Waals surface area contributed by atoms with E-state index in [4.69, 9.17) is 0 Å². The zero-order chi connectivity index (χ0) is 10.9. The van der Waals surface area contributed by atoms with Gasteiger partial charge in [-0.05, 0) is 37.8 Å². The van der Waals surface area contributed by atoms with Crippen molar-refractivity contribution in [2.24, 2.45) is 5.41 Å². The smallest absolute Gasteiger partial charge is 0.134 e. The van der Waals surface area contributed by atoms with Gasteiger partial charge in [-0.3, -0.25) is 9.69 Å². The predicted octanol–water partition coefficient (Wildman–Crippen LogP) is 2.62. The van der Waals surface area contributed by atoms with E-state index in [1.807, 2.05) is 0 Å². The van der Waals surface area contributed by atoms with Crippen molar-refractivity contribution in [1.29, 1.82) is 0 Å². The standard InChI is InChI=1S/C13H23NO/c1-3-13(2)6-8-14(9-7-13)11-4-5-12(15)10-11/h11H,3-10H2,1-2H3. The molecule has 0 bridgehead atoms. The van der Waals surface area contributed by atoms with E-state index in [0.717, 1.165) is 19.3 Å². The van der Waals surface area contributed by atoms with E-state index in [9.17, 15) is 4.79 Å². The summed E-state index contributed by atoms with van der Waals surface area (Å²) < 4.78 is 0. The highest BCUT2D eigenvalue weighted by molar-refractivity contribution is 5.81. The predicted molar refractivity (Wildman–Crippen MR) is 61.9 cm³/mol. The maximum absolute atomic E-state index is 11.3. The van der Waals surface area contributed by atoms with Gasteiger partial charge >= 0.3 is 0 Å². The Morgan fingerprint density at radius 1 is 1.40 bits per heavy atom. The summed E-state index contributed by atoms with van der Waals surface area (Å²) in [5, 5.41) is 0. The average Bonchev–Trinajstić information content (AvgIpc) is 2.66. The summed E-state index contributed by atoms with van der Waals surface area (Å²) in [4.78, 5) is 13.8. The Morgan fingerprint density at radius 3 is 2.53 bits per heavy atom. The van der Waals surface area contributed by atoms with Gasteiger partial charge in [0.05, 0.1) is 0 Å². The van der Waals surface area contributed by atoms with Crippen molar-refractivity contribution in [1.82, 2.24) is 4.90 Å². The first-order valence-corrected chi connectivity index (χ1v) is 6.39. The van der Waals surface area contributed by atoms with Gasteiger partial charge in [0.25, 0.3) is 0 Å². The molecule has 2 aliphatic rings. The molecule has 86 valence electrons. The van der Waals surface area contributed by atoms with Gasteiger partial charge in [0.1, 0.15) is 5.78 Å². The van der Waals surface area contributed by atoms with Crippen LogP contribution >= 0.6 is 0 Å². The van der Waals surface area contributed by atoms with Crippen LogP contribution in [0.5, 0.6) is 0 Å². The Balaban J connectivity index is 1.85. The molecule has 0 radical (unpaired) electrons. The van der Waals surface area contributed by atoms with E-state index in [2.05, 4.69) is 18.7 Å². The highest BCUT2D eigenvalue weighted by Gasteiger charge is 2.34. The lowest BCUT2D eigenvalue weighted by Gasteiger charge is -2.41. The van der Waals surface area contributed by atoms with Gasteiger partial charge in [-0.1, -0.05) is 20.3 Å². The summed E-state index contributed by atoms with van der Waals surface area (Å²) in [6, 6.07) is 0.582. The molecule has 2 nitrogen and oxygen atoms in total. The van der Waals surface area contributed by atoms with Crippen LogP contribution in [0.25, 0.3) is 0 Å². The monoisotopic (exact) mass is 209 g/mol. The van der Waals surface area contributed by atoms with Crippen LogP contribution in [-0.2, 0) is 4.79 Å². The van der Waals surface area contributed by atoms with Crippen LogP contribution in [0.15, 0.2) is 0 Å². The summed E-state index contributed by atoms with van der Waals surface area (Å²) in [6.07, 6.45) is 6.68. The van der Waals surface area contributed by atoms with Gasteiger partial charge in [-0.2, -0.15) is 0 Å². The van der Waals surface area contributed by atoms with Gasteiger partial charge in [-0.25, -0.2) is 0 Å². The number of ketones is 1. The largest absolute Gasteiger partial charge is 0.300 e. The Morgan fingerprint density at radius 2 is 2.07 bits per heavy atom. The summed E-state index contributed by atoms with van der Waals surface area (Å²) >= 11 is 0. The zero-order valence-electron chi connectivity index (χ0n) is 10.1. The SMILES string of the molecule is CCC1(C)CCN(C2CCC(=O)C2)CC1. The first-order chi connectivity index (χ1) is 7.13. The Hall–Kier alpha value is -0.370. The lowest BCUT2D eigenvalue weighted by molar-refractivity contribution is -0.117. The maximum Gasteiger partial charge on any atom is 0.134 e. The number of Topliss-reactive ketones (excluding diaryl/α,β-unsaturated/α-hetero) is 1. The molecule has 0 aromatic carbocycles. The molecule has 15 heavy (non-hydrogen) atoms. The summed E-state index contributed by atoms with van der Waals surface area (Å²) in [7, 11) is 0. The molecule has 1 saturated heterocycles. The van der Waals surface area contributed by atoms with Crippen LogP contribution < -0.4 is 0 Å². The first-order valence-electron chi connectivity index (χ1n) is 6.39. The van der Waals surface area contributed by atoms with Crippen LogP contribution in [0.2, 0.25) is 0 Å². The molecule has 0 aromatic rings. The van der Waals surface area contributed by atoms with Gasteiger partial charge in [0.15, 0.2) is 0 Å². The van der Waals surface area contributed by atoms with Gasteiger partial charge in [-0.15, -0.1) is 0 Å². The third kappa shape index (κ3) is 2.41. The number of hydrogen-bond donors (Lipinski definition) is 0. The Kier molecular flexibility index (Phi) is 3.15. The van der Waals surface area contributed by atoms with E-state index >= 15 is 0 Å². The summed E-state index contributed by atoms with van der Waals surface area (Å²) in [5.74, 6) is 0.476. The van der Waals surface area contributed by atoms with Crippen molar-refractivity contribution in [2.75, 3.05) is 13.1 Å². The molecule has 0 N–H and O–H groups in total. The first kappa shape index (κ1) is 11.1. The number of carbonyl (C=O) groups is 1. The highest BCUT2D eigenvalue weighted by Crippen LogP contribution is 2.36. The highest BCUT2D eigenvalue weighted by atomic mass is 16.1. The third-order valence-electron chi connectivity index (χ3n) is 4.59. The van der Waals surface area contributed by atoms with Crippen LogP contribution in [0.3, 0.4) is 0 Å². The molecule has 0 amide bonds. The molecular formula is C13H23NO. The van der Waals surface area contributed by atoms with Crippen molar-refractivity contribution in [3.05, 3.63) is 0 Å². The van der Waals surface area contributed by atoms with Gasteiger partial charge in [0, 0.05) is 18.9 Å². The second-order valence-electron chi connectivity index (χ2n) is 5.64. The van der Waals surface area contributed by atoms with Crippen molar-refractivity contribution >= 4 is 5.78 Å². The summed E-state index contributed by atoms with van der Waals surface area (Å²) in [6.45, 7) is 7.13.